The number of phenols is 1. The highest BCUT2D eigenvalue weighted by molar-refractivity contribution is 7.80. The number of nitrogens with one attached hydrogen (secondary N) is 2. The average molecular weight is 378 g/mol. The summed E-state index contributed by atoms with van der Waals surface area (Å²) in [5.41, 5.74) is 1.99. The van der Waals surface area contributed by atoms with E-state index in [2.05, 4.69) is 31.4 Å². The highest BCUT2D eigenvalue weighted by Gasteiger charge is 2.17. The van der Waals surface area contributed by atoms with Crippen LogP contribution >= 0.6 is 12.2 Å². The molecule has 0 fully saturated rings. The van der Waals surface area contributed by atoms with Gasteiger partial charge >= 0.3 is 0 Å². The predicted molar refractivity (Wildman–Crippen MR) is 114 cm³/mol. The lowest BCUT2D eigenvalue weighted by Crippen LogP contribution is -2.34. The van der Waals surface area contributed by atoms with Gasteiger partial charge in [-0.15, -0.1) is 0 Å². The van der Waals surface area contributed by atoms with Crippen molar-refractivity contribution in [2.45, 2.75) is 26.2 Å². The molecule has 1 amide bonds. The Labute approximate surface area is 164 Å². The Balaban J connectivity index is 1.79. The monoisotopic (exact) mass is 378 g/mol. The number of rotatable bonds is 2. The number of hydrogen-bond acceptors (Lipinski definition) is 3. The third-order valence-electron chi connectivity index (χ3n) is 4.37. The summed E-state index contributed by atoms with van der Waals surface area (Å²) < 4.78 is 0. The van der Waals surface area contributed by atoms with Crippen LogP contribution in [0.3, 0.4) is 0 Å². The second kappa shape index (κ2) is 7.37. The summed E-state index contributed by atoms with van der Waals surface area (Å²) >= 11 is 5.28. The van der Waals surface area contributed by atoms with Crippen molar-refractivity contribution >= 4 is 39.7 Å². The fourth-order valence-electron chi connectivity index (χ4n) is 2.85. The van der Waals surface area contributed by atoms with Crippen LogP contribution in [0.4, 0.5) is 5.69 Å². The number of phenolic OH excluding ortho intramolecular Hbond substituents is 1. The van der Waals surface area contributed by atoms with Crippen molar-refractivity contribution in [2.24, 2.45) is 0 Å². The molecule has 3 N–H and O–H groups in total. The largest absolute Gasteiger partial charge is 0.506 e. The highest BCUT2D eigenvalue weighted by atomic mass is 32.1. The maximum Gasteiger partial charge on any atom is 0.258 e. The molecule has 0 aromatic heterocycles. The zero-order valence-electron chi connectivity index (χ0n) is 15.5. The second-order valence-corrected chi connectivity index (χ2v) is 7.83. The molecule has 0 aliphatic heterocycles. The van der Waals surface area contributed by atoms with Gasteiger partial charge in [0.2, 0.25) is 0 Å². The first-order valence-corrected chi connectivity index (χ1v) is 9.10. The van der Waals surface area contributed by atoms with Crippen LogP contribution in [0.15, 0.2) is 60.7 Å². The number of thiocarbonyl (C=S) groups is 1. The standard InChI is InChI=1S/C22H22N2O2S/c1-22(2,3)15-11-12-19(25)18(13-15)23-21(27)24-20(26)17-10-6-8-14-7-4-5-9-16(14)17/h4-13,25H,1-3H3,(H2,23,24,26,27). The maximum atomic E-state index is 12.7. The van der Waals surface area contributed by atoms with Crippen LogP contribution in [0.25, 0.3) is 10.8 Å². The van der Waals surface area contributed by atoms with E-state index in [9.17, 15) is 9.90 Å². The van der Waals surface area contributed by atoms with Crippen LogP contribution in [0.5, 0.6) is 5.75 Å². The molecule has 0 spiro atoms. The lowest BCUT2D eigenvalue weighted by Gasteiger charge is -2.21. The van der Waals surface area contributed by atoms with Crippen LogP contribution in [0.1, 0.15) is 36.7 Å². The summed E-state index contributed by atoms with van der Waals surface area (Å²) in [7, 11) is 0. The highest BCUT2D eigenvalue weighted by Crippen LogP contribution is 2.30. The van der Waals surface area contributed by atoms with E-state index in [0.717, 1.165) is 16.3 Å². The molecule has 0 atom stereocenters. The topological polar surface area (TPSA) is 61.4 Å². The van der Waals surface area contributed by atoms with Crippen LogP contribution in [-0.4, -0.2) is 16.1 Å². The number of amides is 1. The summed E-state index contributed by atoms with van der Waals surface area (Å²) in [5.74, 6) is -0.222. The predicted octanol–water partition coefficient (Wildman–Crippen LogP) is 4.97. The third-order valence-corrected chi connectivity index (χ3v) is 4.58. The van der Waals surface area contributed by atoms with E-state index < -0.39 is 0 Å². The van der Waals surface area contributed by atoms with Crippen LogP contribution in [0.2, 0.25) is 0 Å². The van der Waals surface area contributed by atoms with E-state index in [1.165, 1.54) is 0 Å². The summed E-state index contributed by atoms with van der Waals surface area (Å²) in [6, 6.07) is 18.6. The Morgan fingerprint density at radius 3 is 2.44 bits per heavy atom. The SMILES string of the molecule is CC(C)(C)c1ccc(O)c(NC(=S)NC(=O)c2cccc3ccccc23)c1. The van der Waals surface area contributed by atoms with Crippen molar-refractivity contribution in [3.8, 4) is 5.75 Å². The van der Waals surface area contributed by atoms with E-state index in [4.69, 9.17) is 12.2 Å². The first kappa shape index (κ1) is 18.9. The van der Waals surface area contributed by atoms with Gasteiger partial charge in [0.15, 0.2) is 5.11 Å². The third kappa shape index (κ3) is 4.26. The molecule has 0 aliphatic carbocycles. The number of anilines is 1. The fourth-order valence-corrected chi connectivity index (χ4v) is 3.05. The minimum atomic E-state index is -0.296. The zero-order valence-corrected chi connectivity index (χ0v) is 16.4. The van der Waals surface area contributed by atoms with Gasteiger partial charge in [0.1, 0.15) is 5.75 Å². The van der Waals surface area contributed by atoms with Crippen molar-refractivity contribution in [3.05, 3.63) is 71.8 Å². The molecule has 0 unspecified atom stereocenters. The maximum absolute atomic E-state index is 12.7. The molecule has 0 bridgehead atoms. The van der Waals surface area contributed by atoms with Gasteiger partial charge in [-0.05, 0) is 52.2 Å². The van der Waals surface area contributed by atoms with Crippen molar-refractivity contribution in [1.29, 1.82) is 0 Å². The first-order chi connectivity index (χ1) is 12.8. The lowest BCUT2D eigenvalue weighted by molar-refractivity contribution is 0.0979. The van der Waals surface area contributed by atoms with Gasteiger partial charge in [-0.2, -0.15) is 0 Å². The first-order valence-electron chi connectivity index (χ1n) is 8.69. The molecular weight excluding hydrogens is 356 g/mol. The van der Waals surface area contributed by atoms with Crippen LogP contribution in [-0.2, 0) is 5.41 Å². The normalized spacial score (nSPS) is 11.2. The molecule has 3 rings (SSSR count). The number of carbonyl (C=O) groups excluding carboxylic acids is 1. The molecule has 3 aromatic rings. The van der Waals surface area contributed by atoms with Gasteiger partial charge in [-0.3, -0.25) is 10.1 Å². The molecule has 138 valence electrons. The van der Waals surface area contributed by atoms with Crippen LogP contribution < -0.4 is 10.6 Å². The smallest absolute Gasteiger partial charge is 0.258 e. The Bertz CT molecular complexity index is 1020. The number of hydrogen-bond donors (Lipinski definition) is 3. The summed E-state index contributed by atoms with van der Waals surface area (Å²) in [5, 5.41) is 17.7. The molecule has 0 heterocycles. The van der Waals surface area contributed by atoms with Crippen LogP contribution in [0, 0.1) is 0 Å². The lowest BCUT2D eigenvalue weighted by atomic mass is 9.87. The minimum absolute atomic E-state index is 0.0715. The van der Waals surface area contributed by atoms with Crippen molar-refractivity contribution < 1.29 is 9.90 Å². The second-order valence-electron chi connectivity index (χ2n) is 7.42. The Kier molecular flexibility index (Phi) is 5.15. The zero-order chi connectivity index (χ0) is 19.6. The molecule has 0 saturated heterocycles. The molecule has 0 aliphatic rings. The van der Waals surface area contributed by atoms with E-state index in [1.54, 1.807) is 12.1 Å². The van der Waals surface area contributed by atoms with Gasteiger partial charge in [0, 0.05) is 5.56 Å². The van der Waals surface area contributed by atoms with E-state index in [0.29, 0.717) is 11.3 Å². The van der Waals surface area contributed by atoms with Gasteiger partial charge in [-0.1, -0.05) is 63.2 Å². The Morgan fingerprint density at radius 1 is 1.00 bits per heavy atom. The molecule has 0 radical (unpaired) electrons. The Hall–Kier alpha value is -2.92. The van der Waals surface area contributed by atoms with E-state index in [-0.39, 0.29) is 22.2 Å². The van der Waals surface area contributed by atoms with Crippen molar-refractivity contribution in [1.82, 2.24) is 5.32 Å². The fraction of sp³-hybridized carbons (Fsp3) is 0.182. The summed E-state index contributed by atoms with van der Waals surface area (Å²) in [6.07, 6.45) is 0. The van der Waals surface area contributed by atoms with E-state index in [1.807, 2.05) is 48.5 Å². The molecule has 4 nitrogen and oxygen atoms in total. The summed E-state index contributed by atoms with van der Waals surface area (Å²) in [4.78, 5) is 12.7. The molecule has 3 aromatic carbocycles. The average Bonchev–Trinajstić information content (AvgIpc) is 2.62. The van der Waals surface area contributed by atoms with Crippen molar-refractivity contribution in [3.63, 3.8) is 0 Å². The molecule has 27 heavy (non-hydrogen) atoms. The van der Waals surface area contributed by atoms with E-state index >= 15 is 0 Å². The number of fused-ring (bicyclic) bond motifs is 1. The van der Waals surface area contributed by atoms with Crippen molar-refractivity contribution in [2.75, 3.05) is 5.32 Å². The molecule has 0 saturated carbocycles. The Morgan fingerprint density at radius 2 is 1.70 bits per heavy atom. The molecule has 5 heteroatoms. The van der Waals surface area contributed by atoms with Gasteiger partial charge in [0.25, 0.3) is 5.91 Å². The van der Waals surface area contributed by atoms with Gasteiger partial charge < -0.3 is 10.4 Å². The van der Waals surface area contributed by atoms with Gasteiger partial charge in [0.05, 0.1) is 5.69 Å². The quantitative estimate of drug-likeness (QED) is 0.435. The molecular formula is C22H22N2O2S. The summed E-state index contributed by atoms with van der Waals surface area (Å²) in [6.45, 7) is 6.26. The number of benzene rings is 3. The minimum Gasteiger partial charge on any atom is -0.506 e. The number of carbonyl (C=O) groups is 1. The van der Waals surface area contributed by atoms with Gasteiger partial charge in [-0.25, -0.2) is 0 Å². The number of aromatic hydroxyl groups is 1.